The van der Waals surface area contributed by atoms with E-state index < -0.39 is 5.97 Å². The Morgan fingerprint density at radius 2 is 2.38 bits per heavy atom. The lowest BCUT2D eigenvalue weighted by Gasteiger charge is -2.36. The van der Waals surface area contributed by atoms with Gasteiger partial charge in [-0.1, -0.05) is 6.08 Å². The molecule has 1 aliphatic carbocycles. The van der Waals surface area contributed by atoms with Crippen LogP contribution in [0.25, 0.3) is 0 Å². The summed E-state index contributed by atoms with van der Waals surface area (Å²) in [6.45, 7) is 2.90. The molecule has 21 heavy (non-hydrogen) atoms. The summed E-state index contributed by atoms with van der Waals surface area (Å²) in [6.07, 6.45) is 6.61. The van der Waals surface area contributed by atoms with Crippen LogP contribution in [-0.4, -0.2) is 46.8 Å². The second-order valence-electron chi connectivity index (χ2n) is 5.62. The first kappa shape index (κ1) is 15.9. The average Bonchev–Trinajstić information content (AvgIpc) is 2.69. The third-order valence-corrected chi connectivity index (χ3v) is 4.34. The smallest absolute Gasteiger partial charge is 0.303 e. The number of amidine groups is 1. The first-order chi connectivity index (χ1) is 9.97. The molecule has 1 aliphatic heterocycles. The number of allylic oxidation sites excluding steroid dienone is 1. The standard InChI is InChI=1S/C15H22ClN3O2/c1-15-7-6-11(17-9-8-16)10-12(15)18-13(19(15)2)4-3-5-14(20)21/h6,10,17H,3-5,7-9H2,1-2H3,(H,20,21). The van der Waals surface area contributed by atoms with Crippen molar-refractivity contribution in [1.29, 1.82) is 0 Å². The second-order valence-corrected chi connectivity index (χ2v) is 6.00. The molecule has 1 atom stereocenters. The van der Waals surface area contributed by atoms with E-state index in [1.54, 1.807) is 0 Å². The molecule has 2 N–H and O–H groups in total. The number of fused-ring (bicyclic) bond motifs is 1. The van der Waals surface area contributed by atoms with E-state index in [0.717, 1.165) is 30.2 Å². The number of hydrogen-bond donors (Lipinski definition) is 2. The van der Waals surface area contributed by atoms with E-state index in [1.165, 1.54) is 0 Å². The van der Waals surface area contributed by atoms with Gasteiger partial charge in [-0.05, 0) is 25.8 Å². The minimum atomic E-state index is -0.756. The Balaban J connectivity index is 2.07. The van der Waals surface area contributed by atoms with Gasteiger partial charge in [-0.25, -0.2) is 4.99 Å². The molecule has 1 unspecified atom stereocenters. The van der Waals surface area contributed by atoms with Crippen LogP contribution >= 0.6 is 11.6 Å². The van der Waals surface area contributed by atoms with Gasteiger partial charge in [0, 0.05) is 38.0 Å². The van der Waals surface area contributed by atoms with Gasteiger partial charge in [-0.3, -0.25) is 4.79 Å². The third-order valence-electron chi connectivity index (χ3n) is 4.16. The van der Waals surface area contributed by atoms with Crippen molar-refractivity contribution in [2.45, 2.75) is 38.1 Å². The maximum absolute atomic E-state index is 10.6. The molecule has 0 spiro atoms. The van der Waals surface area contributed by atoms with Crippen LogP contribution in [0.3, 0.4) is 0 Å². The molecule has 2 aliphatic rings. The first-order valence-corrected chi connectivity index (χ1v) is 7.76. The van der Waals surface area contributed by atoms with Gasteiger partial charge in [-0.15, -0.1) is 11.6 Å². The fourth-order valence-corrected chi connectivity index (χ4v) is 2.77. The molecular weight excluding hydrogens is 290 g/mol. The Bertz CT molecular complexity index is 513. The Morgan fingerprint density at radius 1 is 1.62 bits per heavy atom. The highest BCUT2D eigenvalue weighted by molar-refractivity contribution is 6.18. The maximum Gasteiger partial charge on any atom is 0.303 e. The molecule has 0 aromatic carbocycles. The van der Waals surface area contributed by atoms with Gasteiger partial charge in [0.15, 0.2) is 0 Å². The fraction of sp³-hybridized carbons (Fsp3) is 0.600. The van der Waals surface area contributed by atoms with Crippen LogP contribution in [0.2, 0.25) is 0 Å². The molecule has 0 aromatic rings. The molecule has 0 saturated carbocycles. The molecule has 6 heteroatoms. The van der Waals surface area contributed by atoms with Crippen molar-refractivity contribution in [3.63, 3.8) is 0 Å². The quantitative estimate of drug-likeness (QED) is 0.708. The van der Waals surface area contributed by atoms with E-state index in [0.29, 0.717) is 18.7 Å². The second kappa shape index (κ2) is 6.52. The summed E-state index contributed by atoms with van der Waals surface area (Å²) in [6, 6.07) is 0. The molecule has 0 amide bonds. The predicted octanol–water partition coefficient (Wildman–Crippen LogP) is 2.34. The molecule has 2 rings (SSSR count). The van der Waals surface area contributed by atoms with Crippen LogP contribution in [0.15, 0.2) is 28.5 Å². The number of aliphatic carboxylic acids is 1. The number of aliphatic imine (C=N–C) groups is 1. The predicted molar refractivity (Wildman–Crippen MR) is 84.6 cm³/mol. The van der Waals surface area contributed by atoms with Gasteiger partial charge in [0.05, 0.1) is 11.2 Å². The zero-order chi connectivity index (χ0) is 15.5. The van der Waals surface area contributed by atoms with E-state index in [2.05, 4.69) is 29.3 Å². The van der Waals surface area contributed by atoms with Gasteiger partial charge in [0.25, 0.3) is 0 Å². The molecule has 0 aromatic heterocycles. The maximum atomic E-state index is 10.6. The molecule has 0 fully saturated rings. The summed E-state index contributed by atoms with van der Waals surface area (Å²) < 4.78 is 0. The highest BCUT2D eigenvalue weighted by atomic mass is 35.5. The van der Waals surface area contributed by atoms with Gasteiger partial charge in [0.1, 0.15) is 5.84 Å². The van der Waals surface area contributed by atoms with Gasteiger partial charge in [0.2, 0.25) is 0 Å². The van der Waals surface area contributed by atoms with Crippen molar-refractivity contribution in [3.05, 3.63) is 23.5 Å². The molecule has 5 nitrogen and oxygen atoms in total. The topological polar surface area (TPSA) is 64.9 Å². The minimum Gasteiger partial charge on any atom is -0.481 e. The number of halogens is 1. The summed E-state index contributed by atoms with van der Waals surface area (Å²) >= 11 is 5.69. The highest BCUT2D eigenvalue weighted by Gasteiger charge is 2.41. The molecule has 0 radical (unpaired) electrons. The van der Waals surface area contributed by atoms with Crippen molar-refractivity contribution in [1.82, 2.24) is 10.2 Å². The third kappa shape index (κ3) is 3.40. The van der Waals surface area contributed by atoms with E-state index in [-0.39, 0.29) is 12.0 Å². The number of nitrogens with one attached hydrogen (secondary N) is 1. The Hall–Kier alpha value is -1.49. The number of likely N-dealkylation sites (N-methyl/N-ethyl adjacent to an activating group) is 1. The van der Waals surface area contributed by atoms with Gasteiger partial charge in [-0.2, -0.15) is 0 Å². The number of carboxylic acid groups (broad SMARTS) is 1. The molecule has 1 heterocycles. The Morgan fingerprint density at radius 3 is 3.05 bits per heavy atom. The van der Waals surface area contributed by atoms with Gasteiger partial charge < -0.3 is 15.3 Å². The first-order valence-electron chi connectivity index (χ1n) is 7.23. The van der Waals surface area contributed by atoms with E-state index >= 15 is 0 Å². The summed E-state index contributed by atoms with van der Waals surface area (Å²) in [7, 11) is 2.03. The number of alkyl halides is 1. The van der Waals surface area contributed by atoms with Crippen LogP contribution < -0.4 is 5.32 Å². The average molecular weight is 312 g/mol. The fourth-order valence-electron chi connectivity index (χ4n) is 2.67. The van der Waals surface area contributed by atoms with Crippen molar-refractivity contribution in [2.24, 2.45) is 4.99 Å². The van der Waals surface area contributed by atoms with Crippen molar-refractivity contribution in [3.8, 4) is 0 Å². The van der Waals surface area contributed by atoms with Crippen molar-refractivity contribution < 1.29 is 9.90 Å². The molecular formula is C15H22ClN3O2. The Kier molecular flexibility index (Phi) is 4.93. The summed E-state index contributed by atoms with van der Waals surface area (Å²) in [5.74, 6) is 0.784. The highest BCUT2D eigenvalue weighted by Crippen LogP contribution is 2.38. The summed E-state index contributed by atoms with van der Waals surface area (Å²) in [5, 5.41) is 12.0. The van der Waals surface area contributed by atoms with Crippen LogP contribution in [-0.2, 0) is 4.79 Å². The van der Waals surface area contributed by atoms with E-state index in [1.807, 2.05) is 7.05 Å². The molecule has 0 bridgehead atoms. The Labute approximate surface area is 130 Å². The molecule has 0 saturated heterocycles. The van der Waals surface area contributed by atoms with Crippen LogP contribution in [0.5, 0.6) is 0 Å². The van der Waals surface area contributed by atoms with Crippen molar-refractivity contribution >= 4 is 23.4 Å². The monoisotopic (exact) mass is 311 g/mol. The van der Waals surface area contributed by atoms with E-state index in [9.17, 15) is 4.79 Å². The lowest BCUT2D eigenvalue weighted by molar-refractivity contribution is -0.137. The van der Waals surface area contributed by atoms with E-state index in [4.69, 9.17) is 21.7 Å². The lowest BCUT2D eigenvalue weighted by atomic mass is 9.88. The zero-order valence-corrected chi connectivity index (χ0v) is 13.3. The van der Waals surface area contributed by atoms with Crippen LogP contribution in [0, 0.1) is 0 Å². The number of carbonyl (C=O) groups is 1. The number of carboxylic acids is 1. The number of nitrogens with zero attached hydrogens (tertiary/aromatic N) is 2. The van der Waals surface area contributed by atoms with Crippen LogP contribution in [0.1, 0.15) is 32.6 Å². The molecule has 116 valence electrons. The summed E-state index contributed by atoms with van der Waals surface area (Å²) in [4.78, 5) is 17.5. The number of hydrogen-bond acceptors (Lipinski definition) is 4. The van der Waals surface area contributed by atoms with Crippen molar-refractivity contribution in [2.75, 3.05) is 19.5 Å². The largest absolute Gasteiger partial charge is 0.481 e. The number of rotatable bonds is 7. The van der Waals surface area contributed by atoms with Gasteiger partial charge >= 0.3 is 5.97 Å². The summed E-state index contributed by atoms with van der Waals surface area (Å²) in [5.41, 5.74) is 1.98. The normalized spacial score (nSPS) is 24.1. The SMILES string of the molecule is CN1C(CCCC(=O)O)=NC2=CC(NCCCl)=CCC21C. The minimum absolute atomic E-state index is 0.120. The lowest BCUT2D eigenvalue weighted by Crippen LogP contribution is -2.44. The zero-order valence-electron chi connectivity index (χ0n) is 12.5. The van der Waals surface area contributed by atoms with Crippen LogP contribution in [0.4, 0.5) is 0 Å².